The van der Waals surface area contributed by atoms with Crippen LogP contribution in [-0.4, -0.2) is 51.4 Å². The van der Waals surface area contributed by atoms with Gasteiger partial charge in [0.25, 0.3) is 0 Å². The van der Waals surface area contributed by atoms with E-state index in [1.54, 1.807) is 11.3 Å². The molecule has 30 heavy (non-hydrogen) atoms. The number of nitrogens with one attached hydrogen (secondary N) is 1. The van der Waals surface area contributed by atoms with Crippen LogP contribution in [0.4, 0.5) is 0 Å². The number of rotatable bonds is 7. The van der Waals surface area contributed by atoms with E-state index in [9.17, 15) is 0 Å². The van der Waals surface area contributed by atoms with Gasteiger partial charge in [-0.1, -0.05) is 18.9 Å². The Hall–Kier alpha value is -1.93. The van der Waals surface area contributed by atoms with Crippen molar-refractivity contribution in [2.24, 2.45) is 18.0 Å². The zero-order valence-corrected chi connectivity index (χ0v) is 19.0. The number of aryl methyl sites for hydroxylation is 1. The minimum absolute atomic E-state index is 0.391. The van der Waals surface area contributed by atoms with Crippen LogP contribution in [0.2, 0.25) is 0 Å². The summed E-state index contributed by atoms with van der Waals surface area (Å²) in [6.45, 7) is 6.20. The van der Waals surface area contributed by atoms with Gasteiger partial charge in [0.1, 0.15) is 12.4 Å². The van der Waals surface area contributed by atoms with Crippen LogP contribution in [0, 0.1) is 12.8 Å². The summed E-state index contributed by atoms with van der Waals surface area (Å²) in [5, 5.41) is 14.1. The molecule has 8 heteroatoms. The lowest BCUT2D eigenvalue weighted by Crippen LogP contribution is -2.47. The second kappa shape index (κ2) is 10.4. The molecule has 2 fully saturated rings. The molecular formula is C22H34N6OS. The summed E-state index contributed by atoms with van der Waals surface area (Å²) < 4.78 is 8.26. The summed E-state index contributed by atoms with van der Waals surface area (Å²) >= 11 is 1.77. The maximum absolute atomic E-state index is 6.25. The van der Waals surface area contributed by atoms with Gasteiger partial charge in [-0.2, -0.15) is 0 Å². The Bertz CT molecular complexity index is 804. The number of guanidine groups is 1. The van der Waals surface area contributed by atoms with Crippen molar-refractivity contribution in [1.82, 2.24) is 25.0 Å². The SMILES string of the molecule is Cc1nnc(CN=C(NCc2cccs2)N2CCC(OCC3CCCC3)CC2)n1C. The number of hydrogen-bond donors (Lipinski definition) is 1. The third-order valence-corrected chi connectivity index (χ3v) is 7.21. The average Bonchev–Trinajstić information content (AvgIpc) is 3.53. The van der Waals surface area contributed by atoms with Crippen LogP contribution in [0.3, 0.4) is 0 Å². The van der Waals surface area contributed by atoms with Crippen LogP contribution < -0.4 is 5.32 Å². The maximum atomic E-state index is 6.25. The van der Waals surface area contributed by atoms with Crippen molar-refractivity contribution in [3.8, 4) is 0 Å². The maximum Gasteiger partial charge on any atom is 0.194 e. The molecule has 1 aliphatic heterocycles. The minimum atomic E-state index is 0.391. The fraction of sp³-hybridized carbons (Fsp3) is 0.682. The number of aliphatic imine (C=N–C) groups is 1. The highest BCUT2D eigenvalue weighted by Gasteiger charge is 2.24. The quantitative estimate of drug-likeness (QED) is 0.538. The molecule has 1 N–H and O–H groups in total. The average molecular weight is 431 g/mol. The van der Waals surface area contributed by atoms with Crippen LogP contribution in [0.1, 0.15) is 55.1 Å². The summed E-state index contributed by atoms with van der Waals surface area (Å²) in [4.78, 5) is 8.58. The Balaban J connectivity index is 1.34. The predicted octanol–water partition coefficient (Wildman–Crippen LogP) is 3.50. The van der Waals surface area contributed by atoms with E-state index in [0.717, 1.165) is 62.6 Å². The first-order valence-corrected chi connectivity index (χ1v) is 12.1. The summed E-state index contributed by atoms with van der Waals surface area (Å²) in [6.07, 6.45) is 7.99. The summed E-state index contributed by atoms with van der Waals surface area (Å²) in [5.74, 6) is 3.55. The summed E-state index contributed by atoms with van der Waals surface area (Å²) in [7, 11) is 1.99. The smallest absolute Gasteiger partial charge is 0.194 e. The fourth-order valence-corrected chi connectivity index (χ4v) is 4.91. The number of nitrogens with zero attached hydrogens (tertiary/aromatic N) is 5. The first-order valence-electron chi connectivity index (χ1n) is 11.2. The monoisotopic (exact) mass is 430 g/mol. The molecule has 1 aliphatic carbocycles. The van der Waals surface area contributed by atoms with E-state index >= 15 is 0 Å². The summed E-state index contributed by atoms with van der Waals surface area (Å²) in [5.41, 5.74) is 0. The van der Waals surface area contributed by atoms with E-state index in [-0.39, 0.29) is 0 Å². The van der Waals surface area contributed by atoms with E-state index in [2.05, 4.69) is 37.9 Å². The van der Waals surface area contributed by atoms with Gasteiger partial charge in [0.05, 0.1) is 12.6 Å². The Kier molecular flexibility index (Phi) is 7.38. The topological polar surface area (TPSA) is 67.6 Å². The molecule has 0 radical (unpaired) electrons. The molecule has 0 atom stereocenters. The number of ether oxygens (including phenoxy) is 1. The van der Waals surface area contributed by atoms with Crippen molar-refractivity contribution < 1.29 is 4.74 Å². The van der Waals surface area contributed by atoms with Gasteiger partial charge in [-0.15, -0.1) is 21.5 Å². The van der Waals surface area contributed by atoms with Crippen molar-refractivity contribution in [2.75, 3.05) is 19.7 Å². The van der Waals surface area contributed by atoms with Crippen molar-refractivity contribution in [3.05, 3.63) is 34.0 Å². The summed E-state index contributed by atoms with van der Waals surface area (Å²) in [6, 6.07) is 4.25. The van der Waals surface area contributed by atoms with Gasteiger partial charge in [0.15, 0.2) is 11.8 Å². The number of aromatic nitrogens is 3. The second-order valence-corrected chi connectivity index (χ2v) is 9.50. The van der Waals surface area contributed by atoms with Crippen LogP contribution in [0.5, 0.6) is 0 Å². The van der Waals surface area contributed by atoms with Crippen molar-refractivity contribution in [3.63, 3.8) is 0 Å². The van der Waals surface area contributed by atoms with Crippen LogP contribution >= 0.6 is 11.3 Å². The molecule has 7 nitrogen and oxygen atoms in total. The molecule has 0 amide bonds. The highest BCUT2D eigenvalue weighted by molar-refractivity contribution is 7.09. The molecule has 164 valence electrons. The van der Waals surface area contributed by atoms with Crippen LogP contribution in [0.15, 0.2) is 22.5 Å². The number of piperidine rings is 1. The molecule has 2 aromatic rings. The van der Waals surface area contributed by atoms with Gasteiger partial charge in [0, 0.05) is 31.6 Å². The van der Waals surface area contributed by atoms with Crippen LogP contribution in [-0.2, 0) is 24.9 Å². The van der Waals surface area contributed by atoms with Crippen molar-refractivity contribution >= 4 is 17.3 Å². The molecular weight excluding hydrogens is 396 g/mol. The molecule has 0 unspecified atom stereocenters. The Morgan fingerprint density at radius 3 is 2.70 bits per heavy atom. The largest absolute Gasteiger partial charge is 0.378 e. The van der Waals surface area contributed by atoms with E-state index in [0.29, 0.717) is 12.6 Å². The molecule has 2 aromatic heterocycles. The third-order valence-electron chi connectivity index (χ3n) is 6.34. The predicted molar refractivity (Wildman–Crippen MR) is 121 cm³/mol. The van der Waals surface area contributed by atoms with E-state index in [4.69, 9.17) is 9.73 Å². The van der Waals surface area contributed by atoms with Gasteiger partial charge in [-0.3, -0.25) is 0 Å². The van der Waals surface area contributed by atoms with Gasteiger partial charge in [0.2, 0.25) is 0 Å². The Morgan fingerprint density at radius 2 is 2.03 bits per heavy atom. The first kappa shape index (κ1) is 21.3. The van der Waals surface area contributed by atoms with E-state index in [1.165, 1.54) is 30.6 Å². The lowest BCUT2D eigenvalue weighted by molar-refractivity contribution is 0.000982. The minimum Gasteiger partial charge on any atom is -0.378 e. The zero-order valence-electron chi connectivity index (χ0n) is 18.2. The Labute approximate surface area is 183 Å². The van der Waals surface area contributed by atoms with Crippen molar-refractivity contribution in [2.45, 2.75) is 64.6 Å². The van der Waals surface area contributed by atoms with E-state index < -0.39 is 0 Å². The molecule has 3 heterocycles. The van der Waals surface area contributed by atoms with Gasteiger partial charge >= 0.3 is 0 Å². The normalized spacial score (nSPS) is 19.0. The van der Waals surface area contributed by atoms with Gasteiger partial charge in [-0.25, -0.2) is 4.99 Å². The van der Waals surface area contributed by atoms with Crippen molar-refractivity contribution in [1.29, 1.82) is 0 Å². The molecule has 2 aliphatic rings. The standard InChI is InChI=1S/C22H34N6OS/c1-17-25-26-21(27(17)2)15-24-22(23-14-20-8-5-13-30-20)28-11-9-19(10-12-28)29-16-18-6-3-4-7-18/h5,8,13,18-19H,3-4,6-7,9-12,14-16H2,1-2H3,(H,23,24). The molecule has 0 spiro atoms. The highest BCUT2D eigenvalue weighted by Crippen LogP contribution is 2.26. The van der Waals surface area contributed by atoms with Gasteiger partial charge in [-0.05, 0) is 50.0 Å². The van der Waals surface area contributed by atoms with Gasteiger partial charge < -0.3 is 19.5 Å². The number of likely N-dealkylation sites (tertiary alicyclic amines) is 1. The number of thiophene rings is 1. The highest BCUT2D eigenvalue weighted by atomic mass is 32.1. The first-order chi connectivity index (χ1) is 14.7. The molecule has 0 bridgehead atoms. The third kappa shape index (κ3) is 5.60. The molecule has 4 rings (SSSR count). The lowest BCUT2D eigenvalue weighted by atomic mass is 10.1. The van der Waals surface area contributed by atoms with Crippen LogP contribution in [0.25, 0.3) is 0 Å². The van der Waals surface area contributed by atoms with E-state index in [1.807, 2.05) is 18.5 Å². The second-order valence-electron chi connectivity index (χ2n) is 8.47. The number of hydrogen-bond acceptors (Lipinski definition) is 5. The Morgan fingerprint density at radius 1 is 1.23 bits per heavy atom. The molecule has 1 saturated heterocycles. The molecule has 1 saturated carbocycles. The lowest BCUT2D eigenvalue weighted by Gasteiger charge is -2.34. The fourth-order valence-electron chi connectivity index (χ4n) is 4.26. The zero-order chi connectivity index (χ0) is 20.8. The molecule has 0 aromatic carbocycles.